The number of primary amides is 1. The molecule has 0 fully saturated rings. The van der Waals surface area contributed by atoms with Gasteiger partial charge in [0.1, 0.15) is 0 Å². The van der Waals surface area contributed by atoms with Gasteiger partial charge < -0.3 is 21.9 Å². The molecule has 2 amide bonds. The van der Waals surface area contributed by atoms with E-state index >= 15 is 0 Å². The summed E-state index contributed by atoms with van der Waals surface area (Å²) in [5.41, 5.74) is 9.30. The van der Waals surface area contributed by atoms with Gasteiger partial charge in [-0.15, -0.1) is 0 Å². The first kappa shape index (κ1) is 11.9. The van der Waals surface area contributed by atoms with Crippen molar-refractivity contribution in [2.75, 3.05) is 6.61 Å². The van der Waals surface area contributed by atoms with Gasteiger partial charge in [-0.05, 0) is 19.8 Å². The van der Waals surface area contributed by atoms with Gasteiger partial charge >= 0.3 is 11.8 Å². The highest BCUT2D eigenvalue weighted by Gasteiger charge is 2.22. The summed E-state index contributed by atoms with van der Waals surface area (Å²) in [6.07, 6.45) is 0.828. The number of carbonyl (C=O) groups is 2. The fraction of sp³-hybridized carbons (Fsp3) is 0.714. The van der Waals surface area contributed by atoms with Crippen LogP contribution in [0.15, 0.2) is 0 Å². The maximum absolute atomic E-state index is 10.8. The van der Waals surface area contributed by atoms with Crippen molar-refractivity contribution in [3.8, 4) is 0 Å². The van der Waals surface area contributed by atoms with E-state index in [0.29, 0.717) is 12.8 Å². The van der Waals surface area contributed by atoms with Gasteiger partial charge in [0.25, 0.3) is 0 Å². The molecule has 1 atom stereocenters. The minimum Gasteiger partial charge on any atom is -0.396 e. The molecule has 0 aromatic rings. The number of aliphatic hydroxyl groups excluding tert-OH is 1. The van der Waals surface area contributed by atoms with E-state index in [-0.39, 0.29) is 6.61 Å². The van der Waals surface area contributed by atoms with Gasteiger partial charge in [-0.3, -0.25) is 9.59 Å². The van der Waals surface area contributed by atoms with Crippen molar-refractivity contribution in [2.24, 2.45) is 11.5 Å². The molecule has 6 nitrogen and oxygen atoms in total. The lowest BCUT2D eigenvalue weighted by molar-refractivity contribution is -0.138. The molecule has 0 saturated heterocycles. The lowest BCUT2D eigenvalue weighted by Crippen LogP contribution is -2.56. The average Bonchev–Trinajstić information content (AvgIpc) is 2.00. The van der Waals surface area contributed by atoms with Crippen LogP contribution in [0.1, 0.15) is 19.8 Å². The highest BCUT2D eigenvalue weighted by Crippen LogP contribution is 2.03. The van der Waals surface area contributed by atoms with Crippen molar-refractivity contribution in [1.82, 2.24) is 5.32 Å². The summed E-state index contributed by atoms with van der Waals surface area (Å²) in [6, 6.07) is 0. The number of nitrogens with two attached hydrogens (primary N) is 2. The van der Waals surface area contributed by atoms with Crippen LogP contribution in [0.2, 0.25) is 0 Å². The van der Waals surface area contributed by atoms with Crippen molar-refractivity contribution in [3.05, 3.63) is 0 Å². The van der Waals surface area contributed by atoms with E-state index in [1.165, 1.54) is 0 Å². The molecule has 0 aromatic heterocycles. The number of hydrogen-bond donors (Lipinski definition) is 4. The highest BCUT2D eigenvalue weighted by atomic mass is 16.3. The Labute approximate surface area is 76.3 Å². The van der Waals surface area contributed by atoms with Crippen LogP contribution in [0.4, 0.5) is 0 Å². The van der Waals surface area contributed by atoms with Crippen molar-refractivity contribution in [1.29, 1.82) is 0 Å². The second-order valence-electron chi connectivity index (χ2n) is 3.06. The summed E-state index contributed by atoms with van der Waals surface area (Å²) in [4.78, 5) is 21.1. The van der Waals surface area contributed by atoms with Gasteiger partial charge in [-0.25, -0.2) is 0 Å². The lowest BCUT2D eigenvalue weighted by atomic mass is 10.1. The summed E-state index contributed by atoms with van der Waals surface area (Å²) in [7, 11) is 0. The third kappa shape index (κ3) is 5.15. The second-order valence-corrected chi connectivity index (χ2v) is 3.06. The molecule has 0 aliphatic rings. The Morgan fingerprint density at radius 1 is 1.54 bits per heavy atom. The molecule has 0 aromatic carbocycles. The van der Waals surface area contributed by atoms with Crippen LogP contribution in [0.25, 0.3) is 0 Å². The Morgan fingerprint density at radius 3 is 2.46 bits per heavy atom. The fourth-order valence-electron chi connectivity index (χ4n) is 0.830. The summed E-state index contributed by atoms with van der Waals surface area (Å²) in [5.74, 6) is -1.98. The third-order valence-corrected chi connectivity index (χ3v) is 1.48. The van der Waals surface area contributed by atoms with Gasteiger partial charge in [0, 0.05) is 6.61 Å². The van der Waals surface area contributed by atoms with Crippen LogP contribution in [0.3, 0.4) is 0 Å². The topological polar surface area (TPSA) is 118 Å². The average molecular weight is 189 g/mol. The van der Waals surface area contributed by atoms with Crippen LogP contribution in [-0.4, -0.2) is 29.2 Å². The first-order chi connectivity index (χ1) is 5.89. The Morgan fingerprint density at radius 2 is 2.08 bits per heavy atom. The Hall–Kier alpha value is -1.14. The van der Waals surface area contributed by atoms with E-state index in [1.807, 2.05) is 0 Å². The van der Waals surface area contributed by atoms with E-state index in [4.69, 9.17) is 16.6 Å². The van der Waals surface area contributed by atoms with E-state index in [9.17, 15) is 9.59 Å². The van der Waals surface area contributed by atoms with Gasteiger partial charge in [0.2, 0.25) is 0 Å². The summed E-state index contributed by atoms with van der Waals surface area (Å²) in [5, 5.41) is 10.8. The minimum atomic E-state index is -1.07. The van der Waals surface area contributed by atoms with Gasteiger partial charge in [0.15, 0.2) is 0 Å². The fourth-order valence-corrected chi connectivity index (χ4v) is 0.830. The smallest absolute Gasteiger partial charge is 0.310 e. The Bertz CT molecular complexity index is 203. The molecule has 6 heteroatoms. The lowest BCUT2D eigenvalue weighted by Gasteiger charge is -2.24. The number of amides is 2. The van der Waals surface area contributed by atoms with Crippen molar-refractivity contribution >= 4 is 11.8 Å². The maximum atomic E-state index is 10.8. The molecule has 0 aliphatic carbocycles. The third-order valence-electron chi connectivity index (χ3n) is 1.48. The number of hydrogen-bond acceptors (Lipinski definition) is 4. The number of rotatable bonds is 4. The molecule has 1 unspecified atom stereocenters. The van der Waals surface area contributed by atoms with Gasteiger partial charge in [0.05, 0.1) is 5.66 Å². The molecule has 0 bridgehead atoms. The first-order valence-corrected chi connectivity index (χ1v) is 3.91. The zero-order valence-corrected chi connectivity index (χ0v) is 7.54. The zero-order valence-electron chi connectivity index (χ0n) is 7.54. The van der Waals surface area contributed by atoms with Crippen molar-refractivity contribution in [2.45, 2.75) is 25.4 Å². The van der Waals surface area contributed by atoms with Crippen LogP contribution in [-0.2, 0) is 9.59 Å². The molecule has 0 aliphatic heterocycles. The normalized spacial score (nSPS) is 14.7. The minimum absolute atomic E-state index is 0.0147. The van der Waals surface area contributed by atoms with E-state index in [2.05, 4.69) is 5.32 Å². The first-order valence-electron chi connectivity index (χ1n) is 3.91. The molecule has 0 saturated carbocycles. The number of carbonyl (C=O) groups excluding carboxylic acids is 2. The zero-order chi connectivity index (χ0) is 10.5. The van der Waals surface area contributed by atoms with E-state index in [0.717, 1.165) is 0 Å². The molecule has 0 radical (unpaired) electrons. The molecule has 0 rings (SSSR count). The second kappa shape index (κ2) is 4.78. The number of aliphatic hydroxyl groups is 1. The SMILES string of the molecule is CC(N)(CCCO)NC(=O)C(N)=O. The van der Waals surface area contributed by atoms with Crippen LogP contribution >= 0.6 is 0 Å². The van der Waals surface area contributed by atoms with Crippen molar-refractivity contribution in [3.63, 3.8) is 0 Å². The van der Waals surface area contributed by atoms with Crippen LogP contribution in [0, 0.1) is 0 Å². The van der Waals surface area contributed by atoms with E-state index in [1.54, 1.807) is 6.92 Å². The largest absolute Gasteiger partial charge is 0.396 e. The molecule has 13 heavy (non-hydrogen) atoms. The Kier molecular flexibility index (Phi) is 4.36. The quantitative estimate of drug-likeness (QED) is 0.303. The maximum Gasteiger partial charge on any atom is 0.310 e. The Balaban J connectivity index is 4.00. The monoisotopic (exact) mass is 189 g/mol. The predicted molar refractivity (Wildman–Crippen MR) is 46.2 cm³/mol. The standard InChI is InChI=1S/C7H15N3O3/c1-7(9,3-2-4-11)10-6(13)5(8)12/h11H,2-4,9H2,1H3,(H2,8,12)(H,10,13). The molecular formula is C7H15N3O3. The molecular weight excluding hydrogens is 174 g/mol. The predicted octanol–water partition coefficient (Wildman–Crippen LogP) is -1.96. The summed E-state index contributed by atoms with van der Waals surface area (Å²) in [6.45, 7) is 1.53. The van der Waals surface area contributed by atoms with E-state index < -0.39 is 17.5 Å². The summed E-state index contributed by atoms with van der Waals surface area (Å²) >= 11 is 0. The highest BCUT2D eigenvalue weighted by molar-refractivity contribution is 6.34. The molecule has 0 heterocycles. The molecule has 6 N–H and O–H groups in total. The van der Waals surface area contributed by atoms with Gasteiger partial charge in [-0.2, -0.15) is 0 Å². The van der Waals surface area contributed by atoms with Crippen LogP contribution < -0.4 is 16.8 Å². The number of nitrogens with one attached hydrogen (secondary N) is 1. The molecule has 76 valence electrons. The van der Waals surface area contributed by atoms with Crippen molar-refractivity contribution < 1.29 is 14.7 Å². The van der Waals surface area contributed by atoms with Crippen LogP contribution in [0.5, 0.6) is 0 Å². The summed E-state index contributed by atoms with van der Waals surface area (Å²) < 4.78 is 0. The molecule has 0 spiro atoms. The van der Waals surface area contributed by atoms with Gasteiger partial charge in [-0.1, -0.05) is 0 Å².